The molecule has 1 heterocycles. The number of aryl methyl sites for hydroxylation is 2. The SMILES string of the molecule is Cc1cc(C)cc(C(O)c2cc(Br)c3c(c2)OCCO3)c1. The summed E-state index contributed by atoms with van der Waals surface area (Å²) in [6.07, 6.45) is -0.685. The van der Waals surface area contributed by atoms with E-state index < -0.39 is 6.10 Å². The maximum Gasteiger partial charge on any atom is 0.175 e. The number of rotatable bonds is 2. The molecular formula is C17H17BrO3. The second-order valence-electron chi connectivity index (χ2n) is 5.35. The van der Waals surface area contributed by atoms with Gasteiger partial charge in [0.2, 0.25) is 0 Å². The van der Waals surface area contributed by atoms with E-state index >= 15 is 0 Å². The zero-order valence-corrected chi connectivity index (χ0v) is 13.6. The van der Waals surface area contributed by atoms with Crippen LogP contribution in [0, 0.1) is 13.8 Å². The number of benzene rings is 2. The summed E-state index contributed by atoms with van der Waals surface area (Å²) in [6.45, 7) is 5.14. The van der Waals surface area contributed by atoms with Crippen LogP contribution in [0.3, 0.4) is 0 Å². The second-order valence-corrected chi connectivity index (χ2v) is 6.20. The summed E-state index contributed by atoms with van der Waals surface area (Å²) in [5.74, 6) is 1.38. The molecule has 1 unspecified atom stereocenters. The summed E-state index contributed by atoms with van der Waals surface area (Å²) in [6, 6.07) is 9.83. The molecule has 0 amide bonds. The van der Waals surface area contributed by atoms with Gasteiger partial charge in [-0.25, -0.2) is 0 Å². The number of ether oxygens (including phenoxy) is 2. The molecule has 0 aromatic heterocycles. The highest BCUT2D eigenvalue weighted by molar-refractivity contribution is 9.10. The first kappa shape index (κ1) is 14.4. The average molecular weight is 349 g/mol. The lowest BCUT2D eigenvalue weighted by Crippen LogP contribution is -2.16. The third-order valence-corrected chi connectivity index (χ3v) is 4.08. The molecule has 110 valence electrons. The molecule has 2 aromatic carbocycles. The Hall–Kier alpha value is -1.52. The van der Waals surface area contributed by atoms with Crippen molar-refractivity contribution < 1.29 is 14.6 Å². The fourth-order valence-electron chi connectivity index (χ4n) is 2.65. The smallest absolute Gasteiger partial charge is 0.175 e. The van der Waals surface area contributed by atoms with E-state index in [0.29, 0.717) is 24.7 Å². The zero-order valence-electron chi connectivity index (χ0n) is 12.0. The third-order valence-electron chi connectivity index (χ3n) is 3.49. The van der Waals surface area contributed by atoms with Crippen LogP contribution in [-0.2, 0) is 0 Å². The van der Waals surface area contributed by atoms with Gasteiger partial charge in [0, 0.05) is 0 Å². The van der Waals surface area contributed by atoms with Gasteiger partial charge in [-0.3, -0.25) is 0 Å². The minimum Gasteiger partial charge on any atom is -0.486 e. The maximum atomic E-state index is 10.6. The molecule has 0 aliphatic carbocycles. The van der Waals surface area contributed by atoms with Crippen LogP contribution >= 0.6 is 15.9 Å². The molecular weight excluding hydrogens is 332 g/mol. The minimum absolute atomic E-state index is 0.530. The molecule has 1 aliphatic heterocycles. The van der Waals surface area contributed by atoms with Crippen LogP contribution in [0.5, 0.6) is 11.5 Å². The van der Waals surface area contributed by atoms with E-state index in [4.69, 9.17) is 9.47 Å². The Morgan fingerprint density at radius 3 is 2.29 bits per heavy atom. The van der Waals surface area contributed by atoms with Crippen LogP contribution in [0.25, 0.3) is 0 Å². The Labute approximate surface area is 132 Å². The Morgan fingerprint density at radius 2 is 1.57 bits per heavy atom. The largest absolute Gasteiger partial charge is 0.486 e. The summed E-state index contributed by atoms with van der Waals surface area (Å²) >= 11 is 3.49. The van der Waals surface area contributed by atoms with Crippen molar-refractivity contribution in [2.75, 3.05) is 13.2 Å². The van der Waals surface area contributed by atoms with Gasteiger partial charge in [-0.15, -0.1) is 0 Å². The Bertz CT molecular complexity index is 662. The van der Waals surface area contributed by atoms with E-state index in [0.717, 1.165) is 26.7 Å². The molecule has 3 nitrogen and oxygen atoms in total. The number of aliphatic hydroxyl groups excluding tert-OH is 1. The molecule has 3 rings (SSSR count). The predicted octanol–water partition coefficient (Wildman–Crippen LogP) is 3.92. The van der Waals surface area contributed by atoms with Gasteiger partial charge >= 0.3 is 0 Å². The molecule has 2 aromatic rings. The van der Waals surface area contributed by atoms with Crippen LogP contribution < -0.4 is 9.47 Å². The fourth-order valence-corrected chi connectivity index (χ4v) is 3.22. The van der Waals surface area contributed by atoms with Crippen molar-refractivity contribution in [1.82, 2.24) is 0 Å². The van der Waals surface area contributed by atoms with Crippen molar-refractivity contribution in [3.63, 3.8) is 0 Å². The van der Waals surface area contributed by atoms with Crippen LogP contribution in [0.2, 0.25) is 0 Å². The van der Waals surface area contributed by atoms with Crippen LogP contribution in [0.4, 0.5) is 0 Å². The highest BCUT2D eigenvalue weighted by atomic mass is 79.9. The highest BCUT2D eigenvalue weighted by Gasteiger charge is 2.20. The quantitative estimate of drug-likeness (QED) is 0.893. The first-order valence-corrected chi connectivity index (χ1v) is 7.69. The lowest BCUT2D eigenvalue weighted by molar-refractivity contribution is 0.168. The lowest BCUT2D eigenvalue weighted by Gasteiger charge is -2.22. The summed E-state index contributed by atoms with van der Waals surface area (Å²) in [5, 5.41) is 10.6. The molecule has 21 heavy (non-hydrogen) atoms. The van der Waals surface area contributed by atoms with E-state index in [1.807, 2.05) is 38.1 Å². The van der Waals surface area contributed by atoms with Crippen LogP contribution in [0.15, 0.2) is 34.8 Å². The van der Waals surface area contributed by atoms with Gasteiger partial charge in [0.1, 0.15) is 19.3 Å². The number of hydrogen-bond donors (Lipinski definition) is 1. The Balaban J connectivity index is 2.01. The standard InChI is InChI=1S/C17H17BrO3/c1-10-5-11(2)7-12(6-10)16(19)13-8-14(18)17-15(9-13)20-3-4-21-17/h5-9,16,19H,3-4H2,1-2H3. The van der Waals surface area contributed by atoms with E-state index in [-0.39, 0.29) is 0 Å². The van der Waals surface area contributed by atoms with E-state index in [1.54, 1.807) is 0 Å². The molecule has 0 spiro atoms. The van der Waals surface area contributed by atoms with Crippen molar-refractivity contribution in [3.8, 4) is 11.5 Å². The van der Waals surface area contributed by atoms with Gasteiger partial charge in [-0.05, 0) is 53.0 Å². The number of halogens is 1. The van der Waals surface area contributed by atoms with Crippen molar-refractivity contribution >= 4 is 15.9 Å². The van der Waals surface area contributed by atoms with Crippen molar-refractivity contribution in [2.24, 2.45) is 0 Å². The van der Waals surface area contributed by atoms with E-state index in [9.17, 15) is 5.11 Å². The first-order chi connectivity index (χ1) is 10.0. The van der Waals surface area contributed by atoms with E-state index in [1.165, 1.54) is 0 Å². The summed E-state index contributed by atoms with van der Waals surface area (Å²) in [5.41, 5.74) is 3.95. The van der Waals surface area contributed by atoms with Gasteiger partial charge in [-0.1, -0.05) is 29.3 Å². The zero-order chi connectivity index (χ0) is 15.0. The summed E-state index contributed by atoms with van der Waals surface area (Å²) in [7, 11) is 0. The summed E-state index contributed by atoms with van der Waals surface area (Å²) in [4.78, 5) is 0. The maximum absolute atomic E-state index is 10.6. The normalized spacial score (nSPS) is 14.9. The average Bonchev–Trinajstić information content (AvgIpc) is 2.45. The molecule has 0 saturated carbocycles. The monoisotopic (exact) mass is 348 g/mol. The molecule has 0 radical (unpaired) electrons. The summed E-state index contributed by atoms with van der Waals surface area (Å²) < 4.78 is 12.0. The van der Waals surface area contributed by atoms with Crippen molar-refractivity contribution in [2.45, 2.75) is 20.0 Å². The minimum atomic E-state index is -0.685. The topological polar surface area (TPSA) is 38.7 Å². The fraction of sp³-hybridized carbons (Fsp3) is 0.294. The number of hydrogen-bond acceptors (Lipinski definition) is 3. The molecule has 4 heteroatoms. The van der Waals surface area contributed by atoms with Gasteiger partial charge in [0.05, 0.1) is 4.47 Å². The van der Waals surface area contributed by atoms with Crippen molar-refractivity contribution in [3.05, 3.63) is 57.1 Å². The Morgan fingerprint density at radius 1 is 0.952 bits per heavy atom. The molecule has 0 bridgehead atoms. The molecule has 1 aliphatic rings. The lowest BCUT2D eigenvalue weighted by atomic mass is 9.97. The number of fused-ring (bicyclic) bond motifs is 1. The predicted molar refractivity (Wildman–Crippen MR) is 85.1 cm³/mol. The van der Waals surface area contributed by atoms with Gasteiger partial charge in [0.15, 0.2) is 11.5 Å². The second kappa shape index (κ2) is 5.70. The highest BCUT2D eigenvalue weighted by Crippen LogP contribution is 2.40. The van der Waals surface area contributed by atoms with Gasteiger partial charge in [-0.2, -0.15) is 0 Å². The molecule has 1 N–H and O–H groups in total. The van der Waals surface area contributed by atoms with Crippen LogP contribution in [-0.4, -0.2) is 18.3 Å². The molecule has 1 atom stereocenters. The van der Waals surface area contributed by atoms with Gasteiger partial charge in [0.25, 0.3) is 0 Å². The van der Waals surface area contributed by atoms with E-state index in [2.05, 4.69) is 22.0 Å². The molecule has 0 fully saturated rings. The van der Waals surface area contributed by atoms with Crippen molar-refractivity contribution in [1.29, 1.82) is 0 Å². The van der Waals surface area contributed by atoms with Gasteiger partial charge < -0.3 is 14.6 Å². The first-order valence-electron chi connectivity index (χ1n) is 6.90. The number of aliphatic hydroxyl groups is 1. The third kappa shape index (κ3) is 2.92. The molecule has 0 saturated heterocycles. The van der Waals surface area contributed by atoms with Crippen LogP contribution in [0.1, 0.15) is 28.4 Å². The Kier molecular flexibility index (Phi) is 3.91.